The van der Waals surface area contributed by atoms with Crippen molar-refractivity contribution in [3.63, 3.8) is 0 Å². The van der Waals surface area contributed by atoms with Gasteiger partial charge < -0.3 is 10.5 Å². The topological polar surface area (TPSA) is 48.1 Å². The van der Waals surface area contributed by atoms with Crippen LogP contribution in [0.5, 0.6) is 5.75 Å². The number of anilines is 1. The number of hydrogen-bond acceptors (Lipinski definition) is 3. The maximum atomic E-state index is 13.6. The SMILES string of the molecule is COc1cncc(-c2ccc(N)cc2F)c1. The molecule has 0 atom stereocenters. The van der Waals surface area contributed by atoms with Crippen molar-refractivity contribution >= 4 is 5.69 Å². The minimum atomic E-state index is -0.366. The van der Waals surface area contributed by atoms with Crippen LogP contribution in [0.25, 0.3) is 11.1 Å². The van der Waals surface area contributed by atoms with Crippen LogP contribution in [0.15, 0.2) is 36.7 Å². The van der Waals surface area contributed by atoms with Gasteiger partial charge >= 0.3 is 0 Å². The van der Waals surface area contributed by atoms with Gasteiger partial charge in [-0.3, -0.25) is 4.98 Å². The molecule has 4 heteroatoms. The van der Waals surface area contributed by atoms with Gasteiger partial charge in [0.2, 0.25) is 0 Å². The number of hydrogen-bond donors (Lipinski definition) is 1. The van der Waals surface area contributed by atoms with Crippen molar-refractivity contribution in [2.45, 2.75) is 0 Å². The van der Waals surface area contributed by atoms with Crippen molar-refractivity contribution in [2.24, 2.45) is 0 Å². The standard InChI is InChI=1S/C12H11FN2O/c1-16-10-4-8(6-15-7-10)11-3-2-9(14)5-12(11)13/h2-7H,14H2,1H3. The zero-order valence-corrected chi connectivity index (χ0v) is 8.77. The summed E-state index contributed by atoms with van der Waals surface area (Å²) in [4.78, 5) is 3.97. The van der Waals surface area contributed by atoms with E-state index in [0.717, 1.165) is 0 Å². The molecule has 0 aliphatic rings. The van der Waals surface area contributed by atoms with Gasteiger partial charge in [0.15, 0.2) is 0 Å². The summed E-state index contributed by atoms with van der Waals surface area (Å²) in [7, 11) is 1.54. The fraction of sp³-hybridized carbons (Fsp3) is 0.0833. The highest BCUT2D eigenvalue weighted by atomic mass is 19.1. The smallest absolute Gasteiger partial charge is 0.137 e. The lowest BCUT2D eigenvalue weighted by molar-refractivity contribution is 0.413. The average Bonchev–Trinajstić information content (AvgIpc) is 2.29. The number of benzene rings is 1. The van der Waals surface area contributed by atoms with E-state index in [1.165, 1.54) is 6.07 Å². The highest BCUT2D eigenvalue weighted by Crippen LogP contribution is 2.26. The fourth-order valence-corrected chi connectivity index (χ4v) is 1.44. The van der Waals surface area contributed by atoms with Gasteiger partial charge in [0.1, 0.15) is 11.6 Å². The Morgan fingerprint density at radius 3 is 2.75 bits per heavy atom. The van der Waals surface area contributed by atoms with Gasteiger partial charge in [-0.2, -0.15) is 0 Å². The molecule has 1 aromatic heterocycles. The first-order valence-corrected chi connectivity index (χ1v) is 4.75. The molecule has 0 aliphatic carbocycles. The van der Waals surface area contributed by atoms with Crippen LogP contribution in [0.3, 0.4) is 0 Å². The fourth-order valence-electron chi connectivity index (χ4n) is 1.44. The molecule has 2 N–H and O–H groups in total. The molecule has 0 amide bonds. The Kier molecular flexibility index (Phi) is 2.72. The molecule has 0 spiro atoms. The summed E-state index contributed by atoms with van der Waals surface area (Å²) in [5.41, 5.74) is 7.00. The summed E-state index contributed by atoms with van der Waals surface area (Å²) in [6, 6.07) is 6.29. The second-order valence-electron chi connectivity index (χ2n) is 3.35. The van der Waals surface area contributed by atoms with Crippen LogP contribution in [0.1, 0.15) is 0 Å². The van der Waals surface area contributed by atoms with Crippen LogP contribution < -0.4 is 10.5 Å². The van der Waals surface area contributed by atoms with Crippen LogP contribution in [0.2, 0.25) is 0 Å². The van der Waals surface area contributed by atoms with E-state index in [1.807, 2.05) is 0 Å². The molecule has 0 radical (unpaired) electrons. The largest absolute Gasteiger partial charge is 0.495 e. The summed E-state index contributed by atoms with van der Waals surface area (Å²) in [6.07, 6.45) is 3.15. The third-order valence-corrected chi connectivity index (χ3v) is 2.25. The lowest BCUT2D eigenvalue weighted by atomic mass is 10.1. The Morgan fingerprint density at radius 1 is 1.25 bits per heavy atom. The molecule has 82 valence electrons. The lowest BCUT2D eigenvalue weighted by Gasteiger charge is -2.05. The Labute approximate surface area is 92.7 Å². The minimum Gasteiger partial charge on any atom is -0.495 e. The Morgan fingerprint density at radius 2 is 2.06 bits per heavy atom. The molecule has 0 aliphatic heterocycles. The zero-order valence-electron chi connectivity index (χ0n) is 8.77. The van der Waals surface area contributed by atoms with Gasteiger partial charge in [-0.25, -0.2) is 4.39 Å². The monoisotopic (exact) mass is 218 g/mol. The predicted octanol–water partition coefficient (Wildman–Crippen LogP) is 2.48. The summed E-state index contributed by atoms with van der Waals surface area (Å²) in [5, 5.41) is 0. The molecule has 3 nitrogen and oxygen atoms in total. The molecule has 0 unspecified atom stereocenters. The van der Waals surface area contributed by atoms with Crippen LogP contribution in [-0.2, 0) is 0 Å². The van der Waals surface area contributed by atoms with Gasteiger partial charge in [-0.15, -0.1) is 0 Å². The quantitative estimate of drug-likeness (QED) is 0.788. The van der Waals surface area contributed by atoms with Crippen LogP contribution in [0.4, 0.5) is 10.1 Å². The zero-order chi connectivity index (χ0) is 11.5. The molecule has 1 heterocycles. The Hall–Kier alpha value is -2.10. The van der Waals surface area contributed by atoms with E-state index in [2.05, 4.69) is 4.98 Å². The maximum Gasteiger partial charge on any atom is 0.137 e. The molecule has 0 fully saturated rings. The van der Waals surface area contributed by atoms with Crippen LogP contribution >= 0.6 is 0 Å². The van der Waals surface area contributed by atoms with E-state index < -0.39 is 0 Å². The molecular formula is C12H11FN2O. The van der Waals surface area contributed by atoms with Crippen molar-refractivity contribution in [3.05, 3.63) is 42.5 Å². The van der Waals surface area contributed by atoms with Gasteiger partial charge in [-0.1, -0.05) is 0 Å². The second kappa shape index (κ2) is 4.18. The number of rotatable bonds is 2. The molecule has 2 aromatic rings. The first-order chi connectivity index (χ1) is 7.70. The number of aromatic nitrogens is 1. The third kappa shape index (κ3) is 1.95. The summed E-state index contributed by atoms with van der Waals surface area (Å²) < 4.78 is 18.7. The number of ether oxygens (including phenoxy) is 1. The second-order valence-corrected chi connectivity index (χ2v) is 3.35. The van der Waals surface area contributed by atoms with Crippen molar-refractivity contribution in [1.29, 1.82) is 0 Å². The van der Waals surface area contributed by atoms with Crippen LogP contribution in [-0.4, -0.2) is 12.1 Å². The summed E-state index contributed by atoms with van der Waals surface area (Å²) in [6.45, 7) is 0. The lowest BCUT2D eigenvalue weighted by Crippen LogP contribution is -1.91. The van der Waals surface area contributed by atoms with Gasteiger partial charge in [0.25, 0.3) is 0 Å². The molecule has 16 heavy (non-hydrogen) atoms. The number of nitrogens with zero attached hydrogens (tertiary/aromatic N) is 1. The van der Waals surface area contributed by atoms with E-state index in [4.69, 9.17) is 10.5 Å². The normalized spacial score (nSPS) is 10.1. The van der Waals surface area contributed by atoms with Crippen molar-refractivity contribution in [2.75, 3.05) is 12.8 Å². The van der Waals surface area contributed by atoms with Crippen molar-refractivity contribution < 1.29 is 9.13 Å². The van der Waals surface area contributed by atoms with Gasteiger partial charge in [-0.05, 0) is 24.3 Å². The Balaban J connectivity index is 2.49. The molecule has 0 saturated heterocycles. The molecule has 0 saturated carbocycles. The van der Waals surface area contributed by atoms with Crippen LogP contribution in [0, 0.1) is 5.82 Å². The molecule has 0 bridgehead atoms. The van der Waals surface area contributed by atoms with E-state index >= 15 is 0 Å². The van der Waals surface area contributed by atoms with E-state index in [9.17, 15) is 4.39 Å². The predicted molar refractivity (Wildman–Crippen MR) is 60.6 cm³/mol. The van der Waals surface area contributed by atoms with E-state index in [-0.39, 0.29) is 5.82 Å². The summed E-state index contributed by atoms with van der Waals surface area (Å²) in [5.74, 6) is 0.226. The first-order valence-electron chi connectivity index (χ1n) is 4.75. The van der Waals surface area contributed by atoms with Crippen molar-refractivity contribution in [3.8, 4) is 16.9 Å². The highest BCUT2D eigenvalue weighted by molar-refractivity contribution is 5.66. The minimum absolute atomic E-state index is 0.366. The third-order valence-electron chi connectivity index (χ3n) is 2.25. The molecule has 2 rings (SSSR count). The Bertz CT molecular complexity index is 514. The number of pyridine rings is 1. The summed E-state index contributed by atoms with van der Waals surface area (Å²) >= 11 is 0. The molecule has 1 aromatic carbocycles. The average molecular weight is 218 g/mol. The van der Waals surface area contributed by atoms with Gasteiger partial charge in [0.05, 0.1) is 13.3 Å². The first kappa shape index (κ1) is 10.4. The highest BCUT2D eigenvalue weighted by Gasteiger charge is 2.06. The maximum absolute atomic E-state index is 13.6. The van der Waals surface area contributed by atoms with E-state index in [0.29, 0.717) is 22.6 Å². The van der Waals surface area contributed by atoms with Gasteiger partial charge in [0, 0.05) is 23.0 Å². The number of methoxy groups -OCH3 is 1. The van der Waals surface area contributed by atoms with Crippen molar-refractivity contribution in [1.82, 2.24) is 4.98 Å². The van der Waals surface area contributed by atoms with E-state index in [1.54, 1.807) is 37.7 Å². The molecular weight excluding hydrogens is 207 g/mol. The number of nitrogens with two attached hydrogens (primary N) is 1. The number of nitrogen functional groups attached to an aromatic ring is 1. The number of halogens is 1.